The first kappa shape index (κ1) is 36.0. The molecule has 256 valence electrons. The highest BCUT2D eigenvalue weighted by Crippen LogP contribution is 2.25. The summed E-state index contributed by atoms with van der Waals surface area (Å²) < 4.78 is 35.7. The second-order valence-electron chi connectivity index (χ2n) is 12.4. The van der Waals surface area contributed by atoms with E-state index < -0.39 is 34.2 Å². The smallest absolute Gasteiger partial charge is 0.405 e. The maximum absolute atomic E-state index is 12.9. The molecule has 0 spiro atoms. The molecular weight excluding hydrogens is 634 g/mol. The molecule has 0 aliphatic rings. The minimum Gasteiger partial charge on any atom is -0.465 e. The van der Waals surface area contributed by atoms with Crippen LogP contribution in [0.15, 0.2) is 90.0 Å². The normalized spacial score (nSPS) is 13.7. The molecular formula is C35H43N5O7S. The third kappa shape index (κ3) is 9.58. The Morgan fingerprint density at radius 3 is 2.44 bits per heavy atom. The number of hydrogen-bond acceptors (Lipinski definition) is 7. The Bertz CT molecular complexity index is 1830. The average molecular weight is 678 g/mol. The monoisotopic (exact) mass is 677 g/mol. The fourth-order valence-corrected chi connectivity index (χ4v) is 6.38. The van der Waals surface area contributed by atoms with Gasteiger partial charge in [-0.2, -0.15) is 0 Å². The molecule has 4 rings (SSSR count). The fourth-order valence-electron chi connectivity index (χ4n) is 5.31. The van der Waals surface area contributed by atoms with Crippen LogP contribution in [-0.2, 0) is 30.9 Å². The molecule has 1 heterocycles. The van der Waals surface area contributed by atoms with Gasteiger partial charge in [0, 0.05) is 47.1 Å². The lowest BCUT2D eigenvalue weighted by molar-refractivity contribution is -0.134. The number of fused-ring (bicyclic) bond motifs is 1. The van der Waals surface area contributed by atoms with Crippen LogP contribution in [-0.4, -0.2) is 54.7 Å². The van der Waals surface area contributed by atoms with Gasteiger partial charge in [0.25, 0.3) is 16.5 Å². The van der Waals surface area contributed by atoms with Crippen molar-refractivity contribution in [2.45, 2.75) is 69.7 Å². The van der Waals surface area contributed by atoms with Crippen LogP contribution >= 0.6 is 0 Å². The lowest BCUT2D eigenvalue weighted by Gasteiger charge is -2.29. The molecule has 1 aromatic heterocycles. The van der Waals surface area contributed by atoms with Crippen LogP contribution in [0.3, 0.4) is 0 Å². The number of aryl methyl sites for hydroxylation is 1. The standard InChI is InChI=1S/C35H43N5O7S/c1-5-24(2)32(38-34(43)44)33(42)37-27-14-15-30-25(20-27)16-18-40(30)19-17-35(3,4)36-22-31(47-23-41)26-10-9-11-28(21-26)39-48(45,46)29-12-7-6-8-13-29/h6-16,18,20-21,23-24,31-32,36,38-39H,5,17,19,22H2,1-4H3,(H,37,42)(H,43,44)/t24-,31-,32-/m0/s1. The Balaban J connectivity index is 1.38. The minimum atomic E-state index is -3.79. The van der Waals surface area contributed by atoms with Crippen LogP contribution in [0.5, 0.6) is 0 Å². The van der Waals surface area contributed by atoms with Gasteiger partial charge in [-0.15, -0.1) is 0 Å². The van der Waals surface area contributed by atoms with Gasteiger partial charge in [-0.3, -0.25) is 14.3 Å². The van der Waals surface area contributed by atoms with Crippen molar-refractivity contribution in [3.63, 3.8) is 0 Å². The molecule has 13 heteroatoms. The first-order valence-electron chi connectivity index (χ1n) is 15.7. The Morgan fingerprint density at radius 1 is 1.00 bits per heavy atom. The van der Waals surface area contributed by atoms with E-state index in [0.717, 1.165) is 17.3 Å². The number of ether oxygens (including phenoxy) is 1. The summed E-state index contributed by atoms with van der Waals surface area (Å²) in [6.07, 6.45) is 1.43. The van der Waals surface area contributed by atoms with E-state index in [1.165, 1.54) is 12.1 Å². The van der Waals surface area contributed by atoms with Crippen LogP contribution in [0.25, 0.3) is 10.9 Å². The van der Waals surface area contributed by atoms with Crippen molar-refractivity contribution in [3.05, 3.63) is 90.6 Å². The number of amides is 2. The molecule has 0 saturated heterocycles. The number of nitrogens with zero attached hydrogens (tertiary/aromatic N) is 1. The maximum Gasteiger partial charge on any atom is 0.405 e. The molecule has 3 aromatic carbocycles. The molecule has 0 saturated carbocycles. The van der Waals surface area contributed by atoms with Gasteiger partial charge in [0.2, 0.25) is 5.91 Å². The number of carbonyl (C=O) groups excluding carboxylic acids is 2. The highest BCUT2D eigenvalue weighted by atomic mass is 32.2. The van der Waals surface area contributed by atoms with Crippen LogP contribution in [0.2, 0.25) is 0 Å². The first-order chi connectivity index (χ1) is 22.8. The van der Waals surface area contributed by atoms with Crippen LogP contribution in [0, 0.1) is 5.92 Å². The summed E-state index contributed by atoms with van der Waals surface area (Å²) in [5.41, 5.74) is 2.16. The Kier molecular flexibility index (Phi) is 11.8. The van der Waals surface area contributed by atoms with Crippen LogP contribution in [0.4, 0.5) is 16.2 Å². The van der Waals surface area contributed by atoms with Gasteiger partial charge in [0.1, 0.15) is 12.1 Å². The topological polar surface area (TPSA) is 168 Å². The molecule has 5 N–H and O–H groups in total. The van der Waals surface area contributed by atoms with Gasteiger partial charge in [-0.05, 0) is 80.3 Å². The van der Waals surface area contributed by atoms with Crippen molar-refractivity contribution >= 4 is 50.8 Å². The van der Waals surface area contributed by atoms with E-state index in [2.05, 4.69) is 25.2 Å². The summed E-state index contributed by atoms with van der Waals surface area (Å²) in [4.78, 5) is 35.6. The number of aromatic nitrogens is 1. The Labute approximate surface area is 280 Å². The van der Waals surface area contributed by atoms with Gasteiger partial charge < -0.3 is 30.4 Å². The fraction of sp³-hybridized carbons (Fsp3) is 0.343. The average Bonchev–Trinajstić information content (AvgIpc) is 3.46. The van der Waals surface area contributed by atoms with Crippen molar-refractivity contribution in [1.82, 2.24) is 15.2 Å². The van der Waals surface area contributed by atoms with Gasteiger partial charge in [-0.1, -0.05) is 50.6 Å². The van der Waals surface area contributed by atoms with Crippen LogP contribution in [0.1, 0.15) is 52.2 Å². The summed E-state index contributed by atoms with van der Waals surface area (Å²) in [7, 11) is -3.79. The second-order valence-corrected chi connectivity index (χ2v) is 14.0. The number of sulfonamides is 1. The summed E-state index contributed by atoms with van der Waals surface area (Å²) in [5.74, 6) is -0.579. The highest BCUT2D eigenvalue weighted by Gasteiger charge is 2.26. The minimum absolute atomic E-state index is 0.142. The predicted molar refractivity (Wildman–Crippen MR) is 185 cm³/mol. The molecule has 0 unspecified atom stereocenters. The molecule has 4 aromatic rings. The van der Waals surface area contributed by atoms with Crippen LogP contribution < -0.4 is 20.7 Å². The number of rotatable bonds is 17. The second kappa shape index (κ2) is 15.8. The van der Waals surface area contributed by atoms with Crippen molar-refractivity contribution in [3.8, 4) is 0 Å². The maximum atomic E-state index is 12.9. The predicted octanol–water partition coefficient (Wildman–Crippen LogP) is 5.74. The molecule has 0 radical (unpaired) electrons. The van der Waals surface area contributed by atoms with Gasteiger partial charge in [-0.25, -0.2) is 13.2 Å². The molecule has 0 bridgehead atoms. The lowest BCUT2D eigenvalue weighted by atomic mass is 9.98. The van der Waals surface area contributed by atoms with Gasteiger partial charge in [0.05, 0.1) is 4.90 Å². The molecule has 12 nitrogen and oxygen atoms in total. The zero-order valence-corrected chi connectivity index (χ0v) is 28.3. The Hall–Kier alpha value is -4.88. The van der Waals surface area contributed by atoms with Crippen molar-refractivity contribution < 1.29 is 32.6 Å². The van der Waals surface area contributed by atoms with Gasteiger partial charge in [0.15, 0.2) is 0 Å². The van der Waals surface area contributed by atoms with E-state index in [4.69, 9.17) is 9.84 Å². The number of nitrogens with one attached hydrogen (secondary N) is 4. The summed E-state index contributed by atoms with van der Waals surface area (Å²) in [6.45, 7) is 9.18. The van der Waals surface area contributed by atoms with E-state index in [9.17, 15) is 22.8 Å². The third-order valence-electron chi connectivity index (χ3n) is 8.34. The molecule has 3 atom stereocenters. The first-order valence-corrected chi connectivity index (χ1v) is 17.2. The summed E-state index contributed by atoms with van der Waals surface area (Å²) >= 11 is 0. The molecule has 0 fully saturated rings. The van der Waals surface area contributed by atoms with E-state index >= 15 is 0 Å². The summed E-state index contributed by atoms with van der Waals surface area (Å²) in [6, 6.07) is 21.5. The number of hydrogen-bond donors (Lipinski definition) is 5. The lowest BCUT2D eigenvalue weighted by Crippen LogP contribution is -2.47. The van der Waals surface area contributed by atoms with Crippen molar-refractivity contribution in [2.75, 3.05) is 16.6 Å². The highest BCUT2D eigenvalue weighted by molar-refractivity contribution is 7.92. The largest absolute Gasteiger partial charge is 0.465 e. The number of anilines is 2. The summed E-state index contributed by atoms with van der Waals surface area (Å²) in [5, 5.41) is 18.7. The van der Waals surface area contributed by atoms with E-state index in [1.807, 2.05) is 52.1 Å². The van der Waals surface area contributed by atoms with E-state index in [1.54, 1.807) is 48.5 Å². The quantitative estimate of drug-likeness (QED) is 0.0883. The number of benzene rings is 3. The molecule has 0 aliphatic heterocycles. The molecule has 48 heavy (non-hydrogen) atoms. The number of carboxylic acid groups (broad SMARTS) is 1. The SMILES string of the molecule is CC[C@H](C)[C@H](NC(=O)O)C(=O)Nc1ccc2c(ccn2CCC(C)(C)NC[C@H](OC=O)c2cccc(NS(=O)(=O)c3ccccc3)c2)c1. The zero-order valence-electron chi connectivity index (χ0n) is 27.5. The third-order valence-corrected chi connectivity index (χ3v) is 9.74. The zero-order chi connectivity index (χ0) is 34.9. The molecule has 0 aliphatic carbocycles. The van der Waals surface area contributed by atoms with E-state index in [0.29, 0.717) is 42.9 Å². The van der Waals surface area contributed by atoms with E-state index in [-0.39, 0.29) is 16.4 Å². The van der Waals surface area contributed by atoms with Gasteiger partial charge >= 0.3 is 6.09 Å². The Morgan fingerprint density at radius 2 is 1.75 bits per heavy atom. The molecule has 2 amide bonds. The van der Waals surface area contributed by atoms with Crippen molar-refractivity contribution in [1.29, 1.82) is 0 Å². The number of carbonyl (C=O) groups is 3. The van der Waals surface area contributed by atoms with Crippen molar-refractivity contribution in [2.24, 2.45) is 5.92 Å².